The number of hydrogen-bond acceptors (Lipinski definition) is 7. The van der Waals surface area contributed by atoms with Crippen LogP contribution in [0.2, 0.25) is 0 Å². The summed E-state index contributed by atoms with van der Waals surface area (Å²) < 4.78 is 0. The normalized spacial score (nSPS) is 16.3. The summed E-state index contributed by atoms with van der Waals surface area (Å²) in [4.78, 5) is 20.3. The van der Waals surface area contributed by atoms with Gasteiger partial charge in [0.15, 0.2) is 11.7 Å². The Kier molecular flexibility index (Phi) is 3.72. The summed E-state index contributed by atoms with van der Waals surface area (Å²) in [5.41, 5.74) is 2.75. The molecule has 0 N–H and O–H groups in total. The highest BCUT2D eigenvalue weighted by atomic mass is 15.4. The zero-order valence-electron chi connectivity index (χ0n) is 15.0. The highest BCUT2D eigenvalue weighted by Crippen LogP contribution is 2.25. The molecule has 7 nitrogen and oxygen atoms in total. The summed E-state index contributed by atoms with van der Waals surface area (Å²) in [6.07, 6.45) is 5.63. The average molecular weight is 373 g/mol. The molecule has 0 saturated heterocycles. The van der Waals surface area contributed by atoms with E-state index in [-0.39, 0.29) is 0 Å². The van der Waals surface area contributed by atoms with E-state index in [0.29, 0.717) is 40.4 Å². The van der Waals surface area contributed by atoms with Gasteiger partial charge in [-0.1, -0.05) is 6.08 Å². The smallest absolute Gasteiger partial charge is 0.241 e. The van der Waals surface area contributed by atoms with Crippen molar-refractivity contribution in [3.05, 3.63) is 94.8 Å². The molecule has 3 aliphatic rings. The average Bonchev–Trinajstić information content (AvgIpc) is 2.79. The molecule has 0 aliphatic carbocycles. The predicted molar refractivity (Wildman–Crippen MR) is 109 cm³/mol. The van der Waals surface area contributed by atoms with E-state index in [4.69, 9.17) is 10.5 Å². The maximum absolute atomic E-state index is 9.00. The Hall–Kier alpha value is -4.62. The summed E-state index contributed by atoms with van der Waals surface area (Å²) in [5, 5.41) is 18.0. The maximum Gasteiger partial charge on any atom is 0.241 e. The van der Waals surface area contributed by atoms with Crippen LogP contribution in [0.1, 0.15) is 22.3 Å². The molecular formula is C22H11N7. The van der Waals surface area contributed by atoms with Crippen molar-refractivity contribution < 1.29 is 0 Å². The summed E-state index contributed by atoms with van der Waals surface area (Å²) in [5.74, 6) is 2.87. The molecule has 0 radical (unpaired) electrons. The van der Waals surface area contributed by atoms with Crippen LogP contribution in [0, 0.1) is 22.7 Å². The number of benzene rings is 2. The molecule has 7 heteroatoms. The molecule has 3 aliphatic heterocycles. The van der Waals surface area contributed by atoms with Crippen molar-refractivity contribution >= 4 is 23.5 Å². The van der Waals surface area contributed by atoms with Crippen LogP contribution in [0.25, 0.3) is 0 Å². The highest BCUT2D eigenvalue weighted by molar-refractivity contribution is 6.25. The summed E-state index contributed by atoms with van der Waals surface area (Å²) >= 11 is 0. The zero-order valence-corrected chi connectivity index (χ0v) is 15.0. The molecule has 0 bridgehead atoms. The number of allylic oxidation sites excluding steroid dienone is 2. The maximum atomic E-state index is 9.00. The lowest BCUT2D eigenvalue weighted by atomic mass is 10.1. The van der Waals surface area contributed by atoms with Gasteiger partial charge in [-0.15, -0.1) is 0 Å². The van der Waals surface area contributed by atoms with Crippen LogP contribution in [0.15, 0.2) is 92.5 Å². The van der Waals surface area contributed by atoms with E-state index in [1.165, 1.54) is 0 Å². The topological polar surface area (TPSA) is 100 Å². The van der Waals surface area contributed by atoms with Gasteiger partial charge in [0.05, 0.1) is 23.3 Å². The molecule has 3 heterocycles. The minimum atomic E-state index is 0.472. The first-order chi connectivity index (χ1) is 14.2. The van der Waals surface area contributed by atoms with Crippen LogP contribution in [0.3, 0.4) is 0 Å². The molecule has 0 amide bonds. The van der Waals surface area contributed by atoms with Crippen LogP contribution in [-0.2, 0) is 0 Å². The number of rotatable bonds is 2. The second kappa shape index (κ2) is 6.52. The lowest BCUT2D eigenvalue weighted by Gasteiger charge is -2.31. The minimum Gasteiger partial charge on any atom is -0.246 e. The molecule has 0 saturated carbocycles. The Morgan fingerprint density at radius 3 is 1.86 bits per heavy atom. The fraction of sp³-hybridized carbons (Fsp3) is 0. The van der Waals surface area contributed by atoms with Gasteiger partial charge in [-0.3, -0.25) is 0 Å². The first-order valence-electron chi connectivity index (χ1n) is 8.79. The largest absolute Gasteiger partial charge is 0.246 e. The van der Waals surface area contributed by atoms with Gasteiger partial charge in [0, 0.05) is 11.1 Å². The molecule has 29 heavy (non-hydrogen) atoms. The van der Waals surface area contributed by atoms with Crippen molar-refractivity contribution in [3.8, 4) is 12.1 Å². The van der Waals surface area contributed by atoms with Crippen LogP contribution < -0.4 is 0 Å². The van der Waals surface area contributed by atoms with Gasteiger partial charge >= 0.3 is 0 Å². The first kappa shape index (κ1) is 16.5. The molecule has 0 fully saturated rings. The van der Waals surface area contributed by atoms with E-state index in [2.05, 4.69) is 32.1 Å². The SMILES string of the molecule is N#Cc1ccc(C2=NC3=CC=CC4=NC(c5ccc(C#N)cc5)=NC(=N2)N34)cc1. The molecule has 2 aromatic rings. The van der Waals surface area contributed by atoms with E-state index in [0.717, 1.165) is 11.1 Å². The third kappa shape index (κ3) is 2.84. The number of amidine groups is 3. The monoisotopic (exact) mass is 373 g/mol. The van der Waals surface area contributed by atoms with Crippen molar-refractivity contribution in [3.63, 3.8) is 0 Å². The summed E-state index contributed by atoms with van der Waals surface area (Å²) in [6.45, 7) is 0. The molecule has 2 aromatic carbocycles. The van der Waals surface area contributed by atoms with Crippen molar-refractivity contribution in [2.45, 2.75) is 0 Å². The number of guanidine groups is 1. The summed E-state index contributed by atoms with van der Waals surface area (Å²) in [6, 6.07) is 18.4. The van der Waals surface area contributed by atoms with Crippen LogP contribution in [0.5, 0.6) is 0 Å². The number of aliphatic imine (C=N–C) groups is 4. The molecule has 0 atom stereocenters. The molecule has 134 valence electrons. The van der Waals surface area contributed by atoms with Crippen LogP contribution in [-0.4, -0.2) is 28.4 Å². The van der Waals surface area contributed by atoms with Crippen molar-refractivity contribution in [1.82, 2.24) is 4.90 Å². The molecule has 0 unspecified atom stereocenters. The second-order valence-electron chi connectivity index (χ2n) is 6.35. The molecular weight excluding hydrogens is 362 g/mol. The van der Waals surface area contributed by atoms with Crippen molar-refractivity contribution in [2.75, 3.05) is 0 Å². The van der Waals surface area contributed by atoms with Gasteiger partial charge in [-0.2, -0.15) is 20.5 Å². The Morgan fingerprint density at radius 2 is 1.28 bits per heavy atom. The summed E-state index contributed by atoms with van der Waals surface area (Å²) in [7, 11) is 0. The minimum absolute atomic E-state index is 0.472. The number of hydrogen-bond donors (Lipinski definition) is 0. The lowest BCUT2D eigenvalue weighted by molar-refractivity contribution is 0.711. The second-order valence-corrected chi connectivity index (χ2v) is 6.35. The van der Waals surface area contributed by atoms with E-state index >= 15 is 0 Å². The Labute approximate surface area is 166 Å². The third-order valence-electron chi connectivity index (χ3n) is 4.55. The zero-order chi connectivity index (χ0) is 19.8. The number of nitriles is 2. The van der Waals surface area contributed by atoms with Crippen LogP contribution in [0.4, 0.5) is 0 Å². The quantitative estimate of drug-likeness (QED) is 0.808. The van der Waals surface area contributed by atoms with Gasteiger partial charge < -0.3 is 0 Å². The molecule has 5 rings (SSSR count). The third-order valence-corrected chi connectivity index (χ3v) is 4.55. The Bertz CT molecular complexity index is 1230. The van der Waals surface area contributed by atoms with E-state index in [9.17, 15) is 0 Å². The van der Waals surface area contributed by atoms with Gasteiger partial charge in [0.1, 0.15) is 11.7 Å². The van der Waals surface area contributed by atoms with Gasteiger partial charge in [0.25, 0.3) is 0 Å². The van der Waals surface area contributed by atoms with Gasteiger partial charge in [0.2, 0.25) is 5.96 Å². The fourth-order valence-electron chi connectivity index (χ4n) is 3.09. The fourth-order valence-corrected chi connectivity index (χ4v) is 3.09. The number of nitrogens with zero attached hydrogens (tertiary/aromatic N) is 7. The standard InChI is InChI=1S/C22H11N7/c23-12-14-4-8-16(9-5-14)20-25-18-2-1-3-19-26-21(28-22(27-20)29(18)19)17-10-6-15(13-24)7-11-17/h1-11H. The van der Waals surface area contributed by atoms with E-state index in [1.54, 1.807) is 29.2 Å². The Balaban J connectivity index is 1.60. The first-order valence-corrected chi connectivity index (χ1v) is 8.79. The molecule has 0 spiro atoms. The lowest BCUT2D eigenvalue weighted by Crippen LogP contribution is -2.41. The van der Waals surface area contributed by atoms with E-state index in [1.807, 2.05) is 42.5 Å². The van der Waals surface area contributed by atoms with Crippen LogP contribution >= 0.6 is 0 Å². The highest BCUT2D eigenvalue weighted by Gasteiger charge is 2.31. The van der Waals surface area contributed by atoms with Crippen molar-refractivity contribution in [2.24, 2.45) is 20.0 Å². The van der Waals surface area contributed by atoms with E-state index < -0.39 is 0 Å². The Morgan fingerprint density at radius 1 is 0.690 bits per heavy atom. The van der Waals surface area contributed by atoms with Gasteiger partial charge in [-0.05, 0) is 60.7 Å². The molecule has 0 aromatic heterocycles. The predicted octanol–water partition coefficient (Wildman–Crippen LogP) is 3.12. The van der Waals surface area contributed by atoms with Crippen molar-refractivity contribution in [1.29, 1.82) is 10.5 Å². The van der Waals surface area contributed by atoms with Gasteiger partial charge in [-0.25, -0.2) is 14.9 Å².